The summed E-state index contributed by atoms with van der Waals surface area (Å²) in [6.07, 6.45) is 7.42. The van der Waals surface area contributed by atoms with Crippen LogP contribution in [0.2, 0.25) is 0 Å². The van der Waals surface area contributed by atoms with Crippen LogP contribution in [0, 0.1) is 5.92 Å². The average molecular weight is 321 g/mol. The average Bonchev–Trinajstić information content (AvgIpc) is 2.58. The number of nitrogens with one attached hydrogen (secondary N) is 5. The standard InChI is InChI=1S/C16H27N5O2/c1-2-13(22)18-10-5-3-6-11(9-10)19-15-14-12(7-4-8-17-14)16(23)21-20-15/h2,10-12,14-15,17,19-20H,1,3-9H2,(H,18,22)(H,21,23). The van der Waals surface area contributed by atoms with E-state index in [1.807, 2.05) is 0 Å². The maximum absolute atomic E-state index is 12.0. The molecule has 128 valence electrons. The Morgan fingerprint density at radius 2 is 2.04 bits per heavy atom. The Kier molecular flexibility index (Phi) is 5.30. The normalized spacial score (nSPS) is 37.4. The molecule has 1 saturated carbocycles. The molecule has 3 rings (SSSR count). The lowest BCUT2D eigenvalue weighted by molar-refractivity contribution is -0.132. The first-order chi connectivity index (χ1) is 11.2. The largest absolute Gasteiger partial charge is 0.350 e. The van der Waals surface area contributed by atoms with E-state index in [2.05, 4.69) is 33.4 Å². The van der Waals surface area contributed by atoms with E-state index in [1.165, 1.54) is 6.08 Å². The van der Waals surface area contributed by atoms with Gasteiger partial charge in [-0.15, -0.1) is 0 Å². The second-order valence-electron chi connectivity index (χ2n) is 6.78. The van der Waals surface area contributed by atoms with Gasteiger partial charge in [0.1, 0.15) is 0 Å². The molecule has 5 unspecified atom stereocenters. The molecule has 0 bridgehead atoms. The summed E-state index contributed by atoms with van der Waals surface area (Å²) >= 11 is 0. The number of carbonyl (C=O) groups excluding carboxylic acids is 2. The smallest absolute Gasteiger partial charge is 0.243 e. The predicted octanol–water partition coefficient (Wildman–Crippen LogP) is -0.482. The number of rotatable bonds is 4. The molecule has 5 atom stereocenters. The number of hydrogen-bond donors (Lipinski definition) is 5. The van der Waals surface area contributed by atoms with Crippen LogP contribution in [0.4, 0.5) is 0 Å². The van der Waals surface area contributed by atoms with Crippen LogP contribution in [0.25, 0.3) is 0 Å². The number of hydrazine groups is 1. The highest BCUT2D eigenvalue weighted by atomic mass is 16.2. The molecule has 2 heterocycles. The van der Waals surface area contributed by atoms with Crippen LogP contribution >= 0.6 is 0 Å². The van der Waals surface area contributed by atoms with Crippen molar-refractivity contribution < 1.29 is 9.59 Å². The first-order valence-electron chi connectivity index (χ1n) is 8.65. The zero-order valence-electron chi connectivity index (χ0n) is 13.4. The Morgan fingerprint density at radius 3 is 2.87 bits per heavy atom. The third kappa shape index (κ3) is 3.91. The van der Waals surface area contributed by atoms with Gasteiger partial charge < -0.3 is 10.6 Å². The Labute approximate surface area is 137 Å². The molecule has 0 radical (unpaired) electrons. The van der Waals surface area contributed by atoms with Crippen LogP contribution < -0.4 is 26.8 Å². The van der Waals surface area contributed by atoms with Crippen molar-refractivity contribution in [1.29, 1.82) is 0 Å². The van der Waals surface area contributed by atoms with Crippen molar-refractivity contribution in [2.75, 3.05) is 6.54 Å². The first-order valence-corrected chi connectivity index (χ1v) is 8.65. The second kappa shape index (κ2) is 7.42. The molecular formula is C16H27N5O2. The molecule has 1 aliphatic carbocycles. The minimum absolute atomic E-state index is 0.0249. The number of hydrogen-bond acceptors (Lipinski definition) is 5. The summed E-state index contributed by atoms with van der Waals surface area (Å²) in [7, 11) is 0. The Morgan fingerprint density at radius 1 is 1.22 bits per heavy atom. The van der Waals surface area contributed by atoms with E-state index in [9.17, 15) is 9.59 Å². The molecule has 2 aliphatic heterocycles. The van der Waals surface area contributed by atoms with Crippen molar-refractivity contribution >= 4 is 11.8 Å². The lowest BCUT2D eigenvalue weighted by Crippen LogP contribution is -2.72. The number of carbonyl (C=O) groups is 2. The Bertz CT molecular complexity index is 469. The summed E-state index contributed by atoms with van der Waals surface area (Å²) in [6, 6.07) is 0.649. The molecule has 0 aromatic heterocycles. The van der Waals surface area contributed by atoms with Crippen molar-refractivity contribution in [2.24, 2.45) is 5.92 Å². The summed E-state index contributed by atoms with van der Waals surface area (Å²) in [4.78, 5) is 23.5. The molecule has 7 nitrogen and oxygen atoms in total. The molecule has 3 fully saturated rings. The van der Waals surface area contributed by atoms with Crippen molar-refractivity contribution in [1.82, 2.24) is 26.8 Å². The zero-order valence-corrected chi connectivity index (χ0v) is 13.4. The quantitative estimate of drug-likeness (QED) is 0.451. The lowest BCUT2D eigenvalue weighted by Gasteiger charge is -2.44. The molecule has 23 heavy (non-hydrogen) atoms. The van der Waals surface area contributed by atoms with Gasteiger partial charge in [-0.2, -0.15) is 0 Å². The predicted molar refractivity (Wildman–Crippen MR) is 87.1 cm³/mol. The van der Waals surface area contributed by atoms with Crippen molar-refractivity contribution in [3.05, 3.63) is 12.7 Å². The van der Waals surface area contributed by atoms with Gasteiger partial charge in [-0.25, -0.2) is 5.43 Å². The molecule has 2 amide bonds. The van der Waals surface area contributed by atoms with Gasteiger partial charge in [0.15, 0.2) is 0 Å². The van der Waals surface area contributed by atoms with Crippen LogP contribution in [0.15, 0.2) is 12.7 Å². The van der Waals surface area contributed by atoms with Gasteiger partial charge in [-0.1, -0.05) is 6.58 Å². The number of piperidine rings is 1. The van der Waals surface area contributed by atoms with Crippen molar-refractivity contribution in [3.63, 3.8) is 0 Å². The van der Waals surface area contributed by atoms with Gasteiger partial charge in [-0.3, -0.25) is 20.3 Å². The van der Waals surface area contributed by atoms with Gasteiger partial charge >= 0.3 is 0 Å². The van der Waals surface area contributed by atoms with Crippen LogP contribution in [0.1, 0.15) is 38.5 Å². The van der Waals surface area contributed by atoms with E-state index in [0.717, 1.165) is 45.1 Å². The van der Waals surface area contributed by atoms with E-state index >= 15 is 0 Å². The topological polar surface area (TPSA) is 94.3 Å². The highest BCUT2D eigenvalue weighted by Gasteiger charge is 2.41. The van der Waals surface area contributed by atoms with Gasteiger partial charge in [0, 0.05) is 18.1 Å². The molecule has 0 aromatic carbocycles. The fourth-order valence-corrected chi connectivity index (χ4v) is 4.02. The fourth-order valence-electron chi connectivity index (χ4n) is 4.02. The third-order valence-electron chi connectivity index (χ3n) is 5.17. The summed E-state index contributed by atoms with van der Waals surface area (Å²) in [5, 5.41) is 10.1. The first kappa shape index (κ1) is 16.4. The van der Waals surface area contributed by atoms with Gasteiger partial charge in [0.2, 0.25) is 11.8 Å². The van der Waals surface area contributed by atoms with Gasteiger partial charge in [0.05, 0.1) is 12.1 Å². The molecule has 7 heteroatoms. The van der Waals surface area contributed by atoms with E-state index in [4.69, 9.17) is 0 Å². The van der Waals surface area contributed by atoms with E-state index in [0.29, 0.717) is 6.04 Å². The maximum atomic E-state index is 12.0. The highest BCUT2D eigenvalue weighted by molar-refractivity contribution is 5.87. The summed E-state index contributed by atoms with van der Waals surface area (Å²) in [6.45, 7) is 4.46. The number of fused-ring (bicyclic) bond motifs is 1. The molecule has 0 aromatic rings. The van der Waals surface area contributed by atoms with Crippen LogP contribution in [-0.4, -0.2) is 42.7 Å². The summed E-state index contributed by atoms with van der Waals surface area (Å²) < 4.78 is 0. The molecular weight excluding hydrogens is 294 g/mol. The SMILES string of the molecule is C=CC(=O)NC1CCCC(NC2NNC(=O)C3CCCNC23)C1. The highest BCUT2D eigenvalue weighted by Crippen LogP contribution is 2.23. The second-order valence-corrected chi connectivity index (χ2v) is 6.78. The van der Waals surface area contributed by atoms with Crippen molar-refractivity contribution in [3.8, 4) is 0 Å². The minimum Gasteiger partial charge on any atom is -0.350 e. The van der Waals surface area contributed by atoms with Crippen LogP contribution in [0.5, 0.6) is 0 Å². The van der Waals surface area contributed by atoms with Crippen LogP contribution in [-0.2, 0) is 9.59 Å². The molecule has 5 N–H and O–H groups in total. The fraction of sp³-hybridized carbons (Fsp3) is 0.750. The van der Waals surface area contributed by atoms with Crippen molar-refractivity contribution in [2.45, 2.75) is 62.8 Å². The van der Waals surface area contributed by atoms with E-state index in [-0.39, 0.29) is 36.0 Å². The maximum Gasteiger partial charge on any atom is 0.243 e. The van der Waals surface area contributed by atoms with E-state index < -0.39 is 0 Å². The Hall–Kier alpha value is -1.44. The molecule has 0 spiro atoms. The summed E-state index contributed by atoms with van der Waals surface area (Å²) in [5.74, 6) is 0.00934. The monoisotopic (exact) mass is 321 g/mol. The molecule has 2 saturated heterocycles. The summed E-state index contributed by atoms with van der Waals surface area (Å²) in [5.41, 5.74) is 5.90. The minimum atomic E-state index is -0.104. The van der Waals surface area contributed by atoms with Gasteiger partial charge in [-0.05, 0) is 51.1 Å². The lowest BCUT2D eigenvalue weighted by atomic mass is 9.85. The van der Waals surface area contributed by atoms with Gasteiger partial charge in [0.25, 0.3) is 0 Å². The molecule has 3 aliphatic rings. The zero-order chi connectivity index (χ0) is 16.2. The van der Waals surface area contributed by atoms with E-state index in [1.54, 1.807) is 0 Å². The number of amides is 2. The Balaban J connectivity index is 1.56. The third-order valence-corrected chi connectivity index (χ3v) is 5.17. The van der Waals surface area contributed by atoms with Crippen LogP contribution in [0.3, 0.4) is 0 Å².